The van der Waals surface area contributed by atoms with E-state index in [-0.39, 0.29) is 5.63 Å². The van der Waals surface area contributed by atoms with Gasteiger partial charge in [0.25, 0.3) is 10.1 Å². The fourth-order valence-electron chi connectivity index (χ4n) is 1.06. The van der Waals surface area contributed by atoms with E-state index in [1.165, 1.54) is 6.26 Å². The molecule has 0 radical (unpaired) electrons. The van der Waals surface area contributed by atoms with E-state index < -0.39 is 10.1 Å². The van der Waals surface area contributed by atoms with E-state index >= 15 is 0 Å². The minimum Gasteiger partial charge on any atom is -0.431 e. The third-order valence-electron chi connectivity index (χ3n) is 1.60. The van der Waals surface area contributed by atoms with Crippen LogP contribution in [0.3, 0.4) is 0 Å². The maximum Gasteiger partial charge on any atom is 0.343 e. The van der Waals surface area contributed by atoms with Crippen LogP contribution in [0.25, 0.3) is 10.8 Å². The number of fused-ring (bicyclic) bond motifs is 1. The summed E-state index contributed by atoms with van der Waals surface area (Å²) in [5.74, 6) is 0. The van der Waals surface area contributed by atoms with Crippen molar-refractivity contribution in [3.05, 3.63) is 47.0 Å². The number of benzene rings is 1. The van der Waals surface area contributed by atoms with E-state index in [4.69, 9.17) is 4.55 Å². The predicted molar refractivity (Wildman–Crippen MR) is 60.0 cm³/mol. The fraction of sp³-hybridized carbons (Fsp3) is 0.100. The second-order valence-electron chi connectivity index (χ2n) is 3.03. The highest BCUT2D eigenvalue weighted by molar-refractivity contribution is 7.85. The number of rotatable bonds is 0. The van der Waals surface area contributed by atoms with Crippen LogP contribution in [0.1, 0.15) is 0 Å². The molecule has 0 saturated carbocycles. The van der Waals surface area contributed by atoms with Crippen LogP contribution < -0.4 is 5.63 Å². The highest BCUT2D eigenvalue weighted by atomic mass is 32.2. The highest BCUT2D eigenvalue weighted by Gasteiger charge is 1.94. The molecule has 0 atom stereocenters. The minimum absolute atomic E-state index is 0.275. The van der Waals surface area contributed by atoms with Crippen molar-refractivity contribution in [3.8, 4) is 0 Å². The number of hydrogen-bond acceptors (Lipinski definition) is 4. The summed E-state index contributed by atoms with van der Waals surface area (Å²) in [5, 5.41) is 1.55. The molecule has 0 bridgehead atoms. The Labute approximate surface area is 92.1 Å². The van der Waals surface area contributed by atoms with Gasteiger partial charge >= 0.3 is 5.63 Å². The van der Waals surface area contributed by atoms with Crippen molar-refractivity contribution < 1.29 is 17.4 Å². The van der Waals surface area contributed by atoms with Crippen molar-refractivity contribution >= 4 is 20.9 Å². The fourth-order valence-corrected chi connectivity index (χ4v) is 1.06. The van der Waals surface area contributed by atoms with E-state index in [1.807, 2.05) is 18.2 Å². The van der Waals surface area contributed by atoms with Crippen LogP contribution in [0, 0.1) is 0 Å². The normalized spacial score (nSPS) is 10.6. The van der Waals surface area contributed by atoms with Gasteiger partial charge in [-0.2, -0.15) is 8.42 Å². The van der Waals surface area contributed by atoms with Gasteiger partial charge in [-0.1, -0.05) is 18.2 Å². The zero-order valence-corrected chi connectivity index (χ0v) is 9.27. The van der Waals surface area contributed by atoms with Crippen LogP contribution in [0.15, 0.2) is 45.8 Å². The van der Waals surface area contributed by atoms with Gasteiger partial charge in [0.1, 0.15) is 0 Å². The lowest BCUT2D eigenvalue weighted by Gasteiger charge is -1.91. The SMILES string of the molecule is CS(=O)(=O)O.O=c1occc2ccccc12. The lowest BCUT2D eigenvalue weighted by atomic mass is 10.2. The van der Waals surface area contributed by atoms with E-state index in [0.717, 1.165) is 5.39 Å². The average molecular weight is 242 g/mol. The van der Waals surface area contributed by atoms with Gasteiger partial charge in [0.2, 0.25) is 0 Å². The summed E-state index contributed by atoms with van der Waals surface area (Å²) in [6.07, 6.45) is 2.12. The standard InChI is InChI=1S/C9H6O2.CH4O3S/c10-9-8-4-2-1-3-7(8)5-6-11-9;1-5(2,3)4/h1-6H;1H3,(H,2,3,4). The molecule has 0 aliphatic carbocycles. The van der Waals surface area contributed by atoms with Crippen LogP contribution >= 0.6 is 0 Å². The van der Waals surface area contributed by atoms with E-state index in [2.05, 4.69) is 4.42 Å². The zero-order valence-electron chi connectivity index (χ0n) is 8.45. The first-order valence-corrected chi connectivity index (χ1v) is 6.12. The Kier molecular flexibility index (Phi) is 3.81. The quantitative estimate of drug-likeness (QED) is 0.704. The average Bonchev–Trinajstić information content (AvgIpc) is 2.16. The lowest BCUT2D eigenvalue weighted by Crippen LogP contribution is -1.96. The zero-order chi connectivity index (χ0) is 12.2. The van der Waals surface area contributed by atoms with Crippen molar-refractivity contribution in [2.75, 3.05) is 6.26 Å². The summed E-state index contributed by atoms with van der Waals surface area (Å²) >= 11 is 0. The van der Waals surface area contributed by atoms with Crippen molar-refractivity contribution in [2.24, 2.45) is 0 Å². The van der Waals surface area contributed by atoms with Gasteiger partial charge in [0, 0.05) is 0 Å². The lowest BCUT2D eigenvalue weighted by molar-refractivity contribution is 0.490. The molecule has 16 heavy (non-hydrogen) atoms. The molecule has 86 valence electrons. The number of hydrogen-bond donors (Lipinski definition) is 1. The first-order valence-electron chi connectivity index (χ1n) is 4.27. The van der Waals surface area contributed by atoms with Gasteiger partial charge in [0.15, 0.2) is 0 Å². The monoisotopic (exact) mass is 242 g/mol. The molecule has 1 heterocycles. The van der Waals surface area contributed by atoms with Crippen molar-refractivity contribution in [1.82, 2.24) is 0 Å². The molecule has 0 saturated heterocycles. The second-order valence-corrected chi connectivity index (χ2v) is 4.49. The molecule has 0 aliphatic heterocycles. The maximum atomic E-state index is 11.0. The third kappa shape index (κ3) is 4.24. The molecule has 0 fully saturated rings. The van der Waals surface area contributed by atoms with Gasteiger partial charge < -0.3 is 4.42 Å². The molecular weight excluding hydrogens is 232 g/mol. The van der Waals surface area contributed by atoms with E-state index in [0.29, 0.717) is 11.6 Å². The molecular formula is C10H10O5S. The predicted octanol–water partition coefficient (Wildman–Crippen LogP) is 1.30. The van der Waals surface area contributed by atoms with Gasteiger partial charge in [-0.3, -0.25) is 4.55 Å². The molecule has 2 aromatic rings. The van der Waals surface area contributed by atoms with Crippen LogP contribution in [-0.4, -0.2) is 19.2 Å². The van der Waals surface area contributed by atoms with Gasteiger partial charge in [-0.05, 0) is 17.5 Å². The van der Waals surface area contributed by atoms with Gasteiger partial charge in [-0.15, -0.1) is 0 Å². The summed E-state index contributed by atoms with van der Waals surface area (Å²) in [5.41, 5.74) is -0.275. The Morgan fingerprint density at radius 3 is 2.31 bits per heavy atom. The van der Waals surface area contributed by atoms with Crippen LogP contribution in [0.4, 0.5) is 0 Å². The van der Waals surface area contributed by atoms with Gasteiger partial charge in [0.05, 0.1) is 17.9 Å². The van der Waals surface area contributed by atoms with Crippen molar-refractivity contribution in [3.63, 3.8) is 0 Å². The first-order chi connectivity index (χ1) is 7.38. The van der Waals surface area contributed by atoms with Crippen molar-refractivity contribution in [2.45, 2.75) is 0 Å². The van der Waals surface area contributed by atoms with Crippen molar-refractivity contribution in [1.29, 1.82) is 0 Å². The molecule has 0 spiro atoms. The smallest absolute Gasteiger partial charge is 0.343 e. The van der Waals surface area contributed by atoms with Crippen LogP contribution in [0.5, 0.6) is 0 Å². The Morgan fingerprint density at radius 2 is 1.75 bits per heavy atom. The molecule has 0 amide bonds. The van der Waals surface area contributed by atoms with E-state index in [1.54, 1.807) is 12.1 Å². The Morgan fingerprint density at radius 1 is 1.19 bits per heavy atom. The Balaban J connectivity index is 0.000000221. The summed E-state index contributed by atoms with van der Waals surface area (Å²) in [7, 11) is -3.67. The summed E-state index contributed by atoms with van der Waals surface area (Å²) in [6.45, 7) is 0. The molecule has 1 aromatic carbocycles. The molecule has 2 rings (SSSR count). The molecule has 1 aromatic heterocycles. The molecule has 0 unspecified atom stereocenters. The largest absolute Gasteiger partial charge is 0.431 e. The summed E-state index contributed by atoms with van der Waals surface area (Å²) in [6, 6.07) is 9.12. The topological polar surface area (TPSA) is 84.6 Å². The first kappa shape index (κ1) is 12.4. The summed E-state index contributed by atoms with van der Waals surface area (Å²) in [4.78, 5) is 11.0. The maximum absolute atomic E-state index is 11.0. The van der Waals surface area contributed by atoms with E-state index in [9.17, 15) is 13.2 Å². The van der Waals surface area contributed by atoms with Gasteiger partial charge in [-0.25, -0.2) is 4.79 Å². The highest BCUT2D eigenvalue weighted by Crippen LogP contribution is 2.06. The minimum atomic E-state index is -3.67. The summed E-state index contributed by atoms with van der Waals surface area (Å²) < 4.78 is 30.6. The molecule has 1 N–H and O–H groups in total. The Bertz CT molecular complexity index is 613. The third-order valence-corrected chi connectivity index (χ3v) is 1.60. The Hall–Kier alpha value is -1.66. The molecule has 0 aliphatic rings. The second kappa shape index (κ2) is 4.91. The molecule has 5 nitrogen and oxygen atoms in total. The van der Waals surface area contributed by atoms with Crippen LogP contribution in [0.2, 0.25) is 0 Å². The van der Waals surface area contributed by atoms with Crippen LogP contribution in [-0.2, 0) is 10.1 Å². The molecule has 6 heteroatoms.